The van der Waals surface area contributed by atoms with Crippen LogP contribution in [0.15, 0.2) is 30.3 Å². The highest BCUT2D eigenvalue weighted by Crippen LogP contribution is 2.20. The lowest BCUT2D eigenvalue weighted by atomic mass is 10.0. The molecule has 0 aliphatic carbocycles. The first kappa shape index (κ1) is 19.8. The number of hydrogen-bond acceptors (Lipinski definition) is 5. The van der Waals surface area contributed by atoms with Gasteiger partial charge >= 0.3 is 12.1 Å². The molecule has 26 heavy (non-hydrogen) atoms. The third-order valence-electron chi connectivity index (χ3n) is 4.28. The normalized spacial score (nSPS) is 16.7. The minimum absolute atomic E-state index is 0.129. The van der Waals surface area contributed by atoms with Crippen molar-refractivity contribution in [2.45, 2.75) is 38.8 Å². The van der Waals surface area contributed by atoms with Crippen LogP contribution in [-0.4, -0.2) is 60.6 Å². The lowest BCUT2D eigenvalue weighted by Gasteiger charge is -2.35. The Morgan fingerprint density at radius 2 is 1.88 bits per heavy atom. The maximum Gasteiger partial charge on any atom is 0.410 e. The van der Waals surface area contributed by atoms with E-state index in [9.17, 15) is 14.4 Å². The molecule has 0 radical (unpaired) electrons. The van der Waals surface area contributed by atoms with Crippen LogP contribution in [0.2, 0.25) is 0 Å². The van der Waals surface area contributed by atoms with Crippen molar-refractivity contribution < 1.29 is 23.9 Å². The van der Waals surface area contributed by atoms with E-state index in [4.69, 9.17) is 9.47 Å². The van der Waals surface area contributed by atoms with E-state index in [1.165, 1.54) is 9.80 Å². The first-order chi connectivity index (χ1) is 12.5. The molecule has 2 rings (SSSR count). The van der Waals surface area contributed by atoms with Crippen LogP contribution in [0.4, 0.5) is 4.79 Å². The zero-order valence-electron chi connectivity index (χ0n) is 15.3. The predicted molar refractivity (Wildman–Crippen MR) is 95.2 cm³/mol. The van der Waals surface area contributed by atoms with E-state index in [-0.39, 0.29) is 25.7 Å². The molecule has 0 saturated carbocycles. The van der Waals surface area contributed by atoms with Gasteiger partial charge in [0.05, 0.1) is 6.61 Å². The number of ether oxygens (including phenoxy) is 2. The van der Waals surface area contributed by atoms with Gasteiger partial charge < -0.3 is 14.4 Å². The smallest absolute Gasteiger partial charge is 0.410 e. The van der Waals surface area contributed by atoms with Gasteiger partial charge in [0.25, 0.3) is 0 Å². The summed E-state index contributed by atoms with van der Waals surface area (Å²) in [6.07, 6.45) is 1.74. The number of piperidine rings is 1. The third-order valence-corrected chi connectivity index (χ3v) is 4.28. The van der Waals surface area contributed by atoms with Gasteiger partial charge in [0.2, 0.25) is 5.91 Å². The van der Waals surface area contributed by atoms with E-state index in [0.717, 1.165) is 18.4 Å². The lowest BCUT2D eigenvalue weighted by Crippen LogP contribution is -2.53. The average Bonchev–Trinajstić information content (AvgIpc) is 2.66. The number of hydrogen-bond donors (Lipinski definition) is 0. The number of likely N-dealkylation sites (N-methyl/N-ethyl adjacent to an activating group) is 1. The average molecular weight is 362 g/mol. The summed E-state index contributed by atoms with van der Waals surface area (Å²) in [6, 6.07) is 8.79. The fourth-order valence-electron chi connectivity index (χ4n) is 2.94. The van der Waals surface area contributed by atoms with Crippen LogP contribution in [0.5, 0.6) is 0 Å². The van der Waals surface area contributed by atoms with E-state index in [2.05, 4.69) is 0 Å². The molecular weight excluding hydrogens is 336 g/mol. The number of nitrogens with zero attached hydrogens (tertiary/aromatic N) is 2. The molecule has 1 saturated heterocycles. The summed E-state index contributed by atoms with van der Waals surface area (Å²) in [5.41, 5.74) is 0.889. The van der Waals surface area contributed by atoms with Crippen molar-refractivity contribution in [3.63, 3.8) is 0 Å². The van der Waals surface area contributed by atoms with Crippen LogP contribution in [0, 0.1) is 0 Å². The second-order valence-corrected chi connectivity index (χ2v) is 6.24. The second-order valence-electron chi connectivity index (χ2n) is 6.24. The molecule has 1 atom stereocenters. The van der Waals surface area contributed by atoms with Gasteiger partial charge in [-0.05, 0) is 31.7 Å². The molecule has 1 aliphatic rings. The molecule has 7 nitrogen and oxygen atoms in total. The van der Waals surface area contributed by atoms with Gasteiger partial charge in [-0.1, -0.05) is 30.3 Å². The monoisotopic (exact) mass is 362 g/mol. The topological polar surface area (TPSA) is 76.2 Å². The molecule has 1 aromatic rings. The SMILES string of the molecule is CCOC(=O)CN(C)C(=O)[C@H]1CCCCN1C(=O)OCc1ccccc1. The zero-order chi connectivity index (χ0) is 18.9. The van der Waals surface area contributed by atoms with Gasteiger partial charge in [-0.2, -0.15) is 0 Å². The summed E-state index contributed by atoms with van der Waals surface area (Å²) < 4.78 is 10.2. The van der Waals surface area contributed by atoms with Gasteiger partial charge in [0.15, 0.2) is 0 Å². The Labute approximate surface area is 153 Å². The minimum atomic E-state index is -0.605. The van der Waals surface area contributed by atoms with E-state index in [0.29, 0.717) is 13.0 Å². The molecule has 1 aliphatic heterocycles. The fraction of sp³-hybridized carbons (Fsp3) is 0.526. The van der Waals surface area contributed by atoms with Gasteiger partial charge in [0.1, 0.15) is 19.2 Å². The standard InChI is InChI=1S/C19H26N2O5/c1-3-25-17(22)13-20(2)18(23)16-11-7-8-12-21(16)19(24)26-14-15-9-5-4-6-10-15/h4-6,9-10,16H,3,7-8,11-14H2,1-2H3/t16-/m1/s1. The molecule has 7 heteroatoms. The maximum atomic E-state index is 12.7. The molecule has 2 amide bonds. The second kappa shape index (κ2) is 9.79. The number of carbonyl (C=O) groups excluding carboxylic acids is 3. The number of amides is 2. The van der Waals surface area contributed by atoms with Crippen molar-refractivity contribution in [3.05, 3.63) is 35.9 Å². The zero-order valence-corrected chi connectivity index (χ0v) is 15.3. The molecule has 142 valence electrons. The van der Waals surface area contributed by atoms with Crippen molar-refractivity contribution in [2.75, 3.05) is 26.7 Å². The Balaban J connectivity index is 1.95. The fourth-order valence-corrected chi connectivity index (χ4v) is 2.94. The summed E-state index contributed by atoms with van der Waals surface area (Å²) in [7, 11) is 1.54. The summed E-state index contributed by atoms with van der Waals surface area (Å²) in [4.78, 5) is 39.5. The largest absolute Gasteiger partial charge is 0.465 e. The van der Waals surface area contributed by atoms with Crippen LogP contribution in [0.1, 0.15) is 31.7 Å². The molecule has 1 fully saturated rings. The molecule has 0 bridgehead atoms. The van der Waals surface area contributed by atoms with Crippen LogP contribution in [0.3, 0.4) is 0 Å². The Hall–Kier alpha value is -2.57. The molecule has 0 unspecified atom stereocenters. The molecule has 0 N–H and O–H groups in total. The van der Waals surface area contributed by atoms with Crippen molar-refractivity contribution in [2.24, 2.45) is 0 Å². The number of esters is 1. The van der Waals surface area contributed by atoms with Crippen LogP contribution in [0.25, 0.3) is 0 Å². The minimum Gasteiger partial charge on any atom is -0.465 e. The van der Waals surface area contributed by atoms with Crippen LogP contribution in [-0.2, 0) is 25.7 Å². The molecule has 1 heterocycles. The Morgan fingerprint density at radius 1 is 1.15 bits per heavy atom. The first-order valence-corrected chi connectivity index (χ1v) is 8.90. The van der Waals surface area contributed by atoms with E-state index in [1.807, 2.05) is 30.3 Å². The Bertz CT molecular complexity index is 620. The highest BCUT2D eigenvalue weighted by molar-refractivity contribution is 5.88. The predicted octanol–water partition coefficient (Wildman–Crippen LogP) is 2.20. The first-order valence-electron chi connectivity index (χ1n) is 8.90. The van der Waals surface area contributed by atoms with E-state index >= 15 is 0 Å². The number of carbonyl (C=O) groups is 3. The maximum absolute atomic E-state index is 12.7. The molecule has 0 aromatic heterocycles. The van der Waals surface area contributed by atoms with Gasteiger partial charge in [-0.25, -0.2) is 4.79 Å². The van der Waals surface area contributed by atoms with E-state index < -0.39 is 18.1 Å². The van der Waals surface area contributed by atoms with E-state index in [1.54, 1.807) is 14.0 Å². The summed E-state index contributed by atoms with van der Waals surface area (Å²) in [5.74, 6) is -0.730. The van der Waals surface area contributed by atoms with Gasteiger partial charge in [-0.15, -0.1) is 0 Å². The van der Waals surface area contributed by atoms with Crippen molar-refractivity contribution in [1.29, 1.82) is 0 Å². The number of rotatable bonds is 6. The summed E-state index contributed by atoms with van der Waals surface area (Å²) >= 11 is 0. The lowest BCUT2D eigenvalue weighted by molar-refractivity contribution is -0.149. The quantitative estimate of drug-likeness (QED) is 0.725. The Kier molecular flexibility index (Phi) is 7.44. The highest BCUT2D eigenvalue weighted by atomic mass is 16.6. The molecule has 1 aromatic carbocycles. The van der Waals surface area contributed by atoms with Crippen molar-refractivity contribution in [1.82, 2.24) is 9.80 Å². The van der Waals surface area contributed by atoms with Gasteiger partial charge in [0, 0.05) is 13.6 Å². The highest BCUT2D eigenvalue weighted by Gasteiger charge is 2.35. The summed E-state index contributed by atoms with van der Waals surface area (Å²) in [5, 5.41) is 0. The van der Waals surface area contributed by atoms with Crippen LogP contribution < -0.4 is 0 Å². The molecular formula is C19H26N2O5. The number of benzene rings is 1. The van der Waals surface area contributed by atoms with Crippen molar-refractivity contribution >= 4 is 18.0 Å². The molecule has 0 spiro atoms. The third kappa shape index (κ3) is 5.47. The summed E-state index contributed by atoms with van der Waals surface area (Å²) in [6.45, 7) is 2.48. The van der Waals surface area contributed by atoms with Crippen molar-refractivity contribution in [3.8, 4) is 0 Å². The van der Waals surface area contributed by atoms with Gasteiger partial charge in [-0.3, -0.25) is 14.5 Å². The Morgan fingerprint density at radius 3 is 2.58 bits per heavy atom. The van der Waals surface area contributed by atoms with Crippen LogP contribution >= 0.6 is 0 Å². The number of likely N-dealkylation sites (tertiary alicyclic amines) is 1.